The van der Waals surface area contributed by atoms with Gasteiger partial charge >= 0.3 is 5.97 Å². The molecule has 1 aromatic carbocycles. The van der Waals surface area contributed by atoms with Gasteiger partial charge in [0.25, 0.3) is 5.91 Å². The molecule has 0 aliphatic carbocycles. The predicted molar refractivity (Wildman–Crippen MR) is 80.5 cm³/mol. The van der Waals surface area contributed by atoms with Crippen LogP contribution in [0.15, 0.2) is 18.2 Å². The van der Waals surface area contributed by atoms with Crippen molar-refractivity contribution in [1.29, 1.82) is 0 Å². The van der Waals surface area contributed by atoms with E-state index in [9.17, 15) is 14.7 Å². The van der Waals surface area contributed by atoms with Gasteiger partial charge in [-0.25, -0.2) is 4.79 Å². The van der Waals surface area contributed by atoms with Crippen LogP contribution in [-0.2, 0) is 14.3 Å². The summed E-state index contributed by atoms with van der Waals surface area (Å²) < 4.78 is 10.4. The first kappa shape index (κ1) is 16.9. The SMILES string of the molecule is O=C(COc1cc(Cl)ccc1Cl)NC1(C(=O)O)CCOCC1. The molecule has 1 aliphatic heterocycles. The fourth-order valence-electron chi connectivity index (χ4n) is 2.15. The number of hydrogen-bond acceptors (Lipinski definition) is 4. The highest BCUT2D eigenvalue weighted by Crippen LogP contribution is 2.27. The molecule has 1 fully saturated rings. The lowest BCUT2D eigenvalue weighted by Crippen LogP contribution is -2.58. The molecule has 22 heavy (non-hydrogen) atoms. The van der Waals surface area contributed by atoms with Gasteiger partial charge in [0.2, 0.25) is 0 Å². The first-order chi connectivity index (χ1) is 10.4. The Morgan fingerprint density at radius 2 is 2.00 bits per heavy atom. The molecule has 1 aromatic rings. The van der Waals surface area contributed by atoms with Crippen LogP contribution >= 0.6 is 23.2 Å². The molecule has 0 bridgehead atoms. The number of hydrogen-bond donors (Lipinski definition) is 2. The molecule has 0 spiro atoms. The highest BCUT2D eigenvalue weighted by Gasteiger charge is 2.41. The second-order valence-corrected chi connectivity index (χ2v) is 5.75. The molecule has 0 unspecified atom stereocenters. The molecule has 0 atom stereocenters. The Bertz CT molecular complexity index is 572. The standard InChI is InChI=1S/C14H15Cl2NO5/c15-9-1-2-10(16)11(7-9)22-8-12(18)17-14(13(19)20)3-5-21-6-4-14/h1-2,7H,3-6,8H2,(H,17,18)(H,19,20). The first-order valence-electron chi connectivity index (χ1n) is 6.63. The van der Waals surface area contributed by atoms with Crippen molar-refractivity contribution in [3.63, 3.8) is 0 Å². The topological polar surface area (TPSA) is 84.9 Å². The van der Waals surface area contributed by atoms with Crippen LogP contribution in [-0.4, -0.2) is 42.3 Å². The number of ether oxygens (including phenoxy) is 2. The zero-order valence-electron chi connectivity index (χ0n) is 11.6. The number of carboxylic acid groups (broad SMARTS) is 1. The molecule has 1 saturated heterocycles. The molecule has 6 nitrogen and oxygen atoms in total. The van der Waals surface area contributed by atoms with Gasteiger partial charge in [-0.3, -0.25) is 4.79 Å². The quantitative estimate of drug-likeness (QED) is 0.852. The van der Waals surface area contributed by atoms with Crippen LogP contribution in [0.25, 0.3) is 0 Å². The van der Waals surface area contributed by atoms with Crippen LogP contribution in [0.2, 0.25) is 10.0 Å². The zero-order chi connectivity index (χ0) is 16.2. The summed E-state index contributed by atoms with van der Waals surface area (Å²) in [6.45, 7) is 0.219. The second kappa shape index (κ2) is 7.17. The summed E-state index contributed by atoms with van der Waals surface area (Å²) in [5, 5.41) is 12.6. The molecule has 2 rings (SSSR count). The van der Waals surface area contributed by atoms with Gasteiger partial charge in [0.1, 0.15) is 11.3 Å². The number of halogens is 2. The van der Waals surface area contributed by atoms with E-state index in [4.69, 9.17) is 32.7 Å². The van der Waals surface area contributed by atoms with E-state index in [1.165, 1.54) is 6.07 Å². The molecule has 0 aromatic heterocycles. The van der Waals surface area contributed by atoms with E-state index < -0.39 is 17.4 Å². The van der Waals surface area contributed by atoms with Crippen molar-refractivity contribution >= 4 is 35.1 Å². The largest absolute Gasteiger partial charge is 0.482 e. The van der Waals surface area contributed by atoms with Gasteiger partial charge in [-0.15, -0.1) is 0 Å². The maximum absolute atomic E-state index is 12.0. The van der Waals surface area contributed by atoms with Gasteiger partial charge in [0, 0.05) is 37.1 Å². The molecule has 0 radical (unpaired) electrons. The molecule has 1 aliphatic rings. The third kappa shape index (κ3) is 4.03. The van der Waals surface area contributed by atoms with Gasteiger partial charge in [-0.2, -0.15) is 0 Å². The van der Waals surface area contributed by atoms with Gasteiger partial charge in [0.05, 0.1) is 5.02 Å². The average molecular weight is 348 g/mol. The summed E-state index contributed by atoms with van der Waals surface area (Å²) in [7, 11) is 0. The van der Waals surface area contributed by atoms with Crippen molar-refractivity contribution in [2.45, 2.75) is 18.4 Å². The summed E-state index contributed by atoms with van der Waals surface area (Å²) in [6, 6.07) is 4.63. The Kier molecular flexibility index (Phi) is 5.50. The highest BCUT2D eigenvalue weighted by atomic mass is 35.5. The van der Waals surface area contributed by atoms with E-state index in [-0.39, 0.29) is 38.4 Å². The first-order valence-corrected chi connectivity index (χ1v) is 7.38. The van der Waals surface area contributed by atoms with Crippen molar-refractivity contribution in [2.24, 2.45) is 0 Å². The highest BCUT2D eigenvalue weighted by molar-refractivity contribution is 6.34. The van der Waals surface area contributed by atoms with Crippen LogP contribution < -0.4 is 10.1 Å². The zero-order valence-corrected chi connectivity index (χ0v) is 13.1. The maximum Gasteiger partial charge on any atom is 0.329 e. The maximum atomic E-state index is 12.0. The minimum absolute atomic E-state index is 0.214. The Hall–Kier alpha value is -1.50. The predicted octanol–water partition coefficient (Wildman–Crippen LogP) is 2.12. The Morgan fingerprint density at radius 3 is 2.64 bits per heavy atom. The van der Waals surface area contributed by atoms with Crippen molar-refractivity contribution in [3.05, 3.63) is 28.2 Å². The fraction of sp³-hybridized carbons (Fsp3) is 0.429. The van der Waals surface area contributed by atoms with Crippen LogP contribution in [0.5, 0.6) is 5.75 Å². The van der Waals surface area contributed by atoms with Crippen molar-refractivity contribution < 1.29 is 24.2 Å². The second-order valence-electron chi connectivity index (χ2n) is 4.91. The molecule has 8 heteroatoms. The van der Waals surface area contributed by atoms with E-state index in [1.807, 2.05) is 0 Å². The Balaban J connectivity index is 1.97. The minimum atomic E-state index is -1.31. The summed E-state index contributed by atoms with van der Waals surface area (Å²) in [5.74, 6) is -1.36. The number of nitrogens with one attached hydrogen (secondary N) is 1. The van der Waals surface area contributed by atoms with E-state index in [1.54, 1.807) is 12.1 Å². The Morgan fingerprint density at radius 1 is 1.32 bits per heavy atom. The normalized spacial score (nSPS) is 16.8. The number of benzene rings is 1. The number of amides is 1. The monoisotopic (exact) mass is 347 g/mol. The molecule has 2 N–H and O–H groups in total. The summed E-state index contributed by atoms with van der Waals surface area (Å²) in [6.07, 6.45) is 0.429. The molecular formula is C14H15Cl2NO5. The molecular weight excluding hydrogens is 333 g/mol. The summed E-state index contributed by atoms with van der Waals surface area (Å²) in [5.41, 5.74) is -1.31. The van der Waals surface area contributed by atoms with Crippen molar-refractivity contribution in [1.82, 2.24) is 5.32 Å². The van der Waals surface area contributed by atoms with Crippen molar-refractivity contribution in [3.8, 4) is 5.75 Å². The van der Waals surface area contributed by atoms with Gasteiger partial charge in [0.15, 0.2) is 6.61 Å². The minimum Gasteiger partial charge on any atom is -0.482 e. The van der Waals surface area contributed by atoms with Gasteiger partial charge < -0.3 is 19.9 Å². The van der Waals surface area contributed by atoms with E-state index in [0.717, 1.165) is 0 Å². The van der Waals surface area contributed by atoms with Gasteiger partial charge in [-0.1, -0.05) is 23.2 Å². The number of aliphatic carboxylic acids is 1. The van der Waals surface area contributed by atoms with Crippen LogP contribution in [0.1, 0.15) is 12.8 Å². The fourth-order valence-corrected chi connectivity index (χ4v) is 2.48. The number of carbonyl (C=O) groups excluding carboxylic acids is 1. The average Bonchev–Trinajstić information content (AvgIpc) is 2.49. The Labute approximate surface area is 137 Å². The molecule has 1 heterocycles. The third-order valence-corrected chi connectivity index (χ3v) is 3.93. The van der Waals surface area contributed by atoms with Crippen molar-refractivity contribution in [2.75, 3.05) is 19.8 Å². The van der Waals surface area contributed by atoms with E-state index >= 15 is 0 Å². The lowest BCUT2D eigenvalue weighted by atomic mass is 9.90. The van der Waals surface area contributed by atoms with Crippen LogP contribution in [0, 0.1) is 0 Å². The third-order valence-electron chi connectivity index (χ3n) is 3.39. The summed E-state index contributed by atoms with van der Waals surface area (Å²) >= 11 is 11.7. The lowest BCUT2D eigenvalue weighted by Gasteiger charge is -2.33. The molecule has 1 amide bonds. The number of carbonyl (C=O) groups is 2. The number of rotatable bonds is 5. The lowest BCUT2D eigenvalue weighted by molar-refractivity contribution is -0.152. The van der Waals surface area contributed by atoms with Crippen LogP contribution in [0.3, 0.4) is 0 Å². The van der Waals surface area contributed by atoms with E-state index in [2.05, 4.69) is 5.32 Å². The smallest absolute Gasteiger partial charge is 0.329 e. The molecule has 0 saturated carbocycles. The number of carboxylic acids is 1. The summed E-state index contributed by atoms with van der Waals surface area (Å²) in [4.78, 5) is 23.4. The van der Waals surface area contributed by atoms with E-state index in [0.29, 0.717) is 10.0 Å². The molecule has 120 valence electrons. The van der Waals surface area contributed by atoms with Crippen LogP contribution in [0.4, 0.5) is 0 Å². The van der Waals surface area contributed by atoms with Gasteiger partial charge in [-0.05, 0) is 12.1 Å².